The maximum atomic E-state index is 11.9. The molecular weight excluding hydrogens is 332 g/mol. The average Bonchev–Trinajstić information content (AvgIpc) is 3.06. The van der Waals surface area contributed by atoms with Gasteiger partial charge in [0.05, 0.1) is 23.8 Å². The molecule has 122 valence electrons. The second-order valence-electron chi connectivity index (χ2n) is 4.47. The molecule has 0 bridgehead atoms. The summed E-state index contributed by atoms with van der Waals surface area (Å²) in [6.45, 7) is -0.486. The Kier molecular flexibility index (Phi) is 5.65. The minimum Gasteiger partial charge on any atom is -0.465 e. The molecule has 0 radical (unpaired) electrons. The number of carbonyl (C=O) groups excluding carboxylic acids is 3. The number of hydrogen-bond donors (Lipinski definition) is 1. The van der Waals surface area contributed by atoms with Crippen LogP contribution in [0, 0.1) is 11.3 Å². The van der Waals surface area contributed by atoms with Gasteiger partial charge in [-0.1, -0.05) is 0 Å². The Labute approximate surface area is 141 Å². The molecule has 0 saturated carbocycles. The summed E-state index contributed by atoms with van der Waals surface area (Å²) >= 11 is 1.20. The van der Waals surface area contributed by atoms with Crippen LogP contribution in [0.1, 0.15) is 26.3 Å². The number of ether oxygens (including phenoxy) is 2. The molecule has 1 N–H and O–H groups in total. The number of carbonyl (C=O) groups is 3. The quantitative estimate of drug-likeness (QED) is 0.834. The Morgan fingerprint density at radius 2 is 1.75 bits per heavy atom. The Bertz CT molecular complexity index is 805. The third-order valence-corrected chi connectivity index (χ3v) is 3.74. The normalized spacial score (nSPS) is 9.67. The van der Waals surface area contributed by atoms with Gasteiger partial charge in [0.1, 0.15) is 11.1 Å². The van der Waals surface area contributed by atoms with Crippen molar-refractivity contribution in [2.45, 2.75) is 0 Å². The average molecular weight is 344 g/mol. The van der Waals surface area contributed by atoms with Crippen molar-refractivity contribution in [2.24, 2.45) is 0 Å². The Morgan fingerprint density at radius 1 is 1.12 bits per heavy atom. The summed E-state index contributed by atoms with van der Waals surface area (Å²) in [5.74, 6) is -1.76. The molecule has 1 amide bonds. The van der Waals surface area contributed by atoms with E-state index in [4.69, 9.17) is 10.00 Å². The number of benzene rings is 1. The van der Waals surface area contributed by atoms with E-state index in [9.17, 15) is 14.4 Å². The van der Waals surface area contributed by atoms with Gasteiger partial charge < -0.3 is 14.8 Å². The number of nitrogens with one attached hydrogen (secondary N) is 1. The third-order valence-electron chi connectivity index (χ3n) is 2.91. The zero-order chi connectivity index (χ0) is 17.5. The van der Waals surface area contributed by atoms with E-state index in [0.717, 1.165) is 0 Å². The van der Waals surface area contributed by atoms with Crippen LogP contribution in [-0.2, 0) is 14.3 Å². The third kappa shape index (κ3) is 4.18. The largest absolute Gasteiger partial charge is 0.465 e. The lowest BCUT2D eigenvalue weighted by Gasteiger charge is -2.06. The van der Waals surface area contributed by atoms with Gasteiger partial charge in [-0.2, -0.15) is 5.26 Å². The van der Waals surface area contributed by atoms with Crippen molar-refractivity contribution in [1.29, 1.82) is 5.26 Å². The molecule has 2 rings (SSSR count). The molecule has 24 heavy (non-hydrogen) atoms. The summed E-state index contributed by atoms with van der Waals surface area (Å²) in [4.78, 5) is 34.9. The van der Waals surface area contributed by atoms with Crippen molar-refractivity contribution < 1.29 is 23.9 Å². The number of nitriles is 1. The predicted octanol–water partition coefficient (Wildman–Crippen LogP) is 2.20. The van der Waals surface area contributed by atoms with Crippen molar-refractivity contribution in [3.05, 3.63) is 52.4 Å². The minimum absolute atomic E-state index is 0.198. The summed E-state index contributed by atoms with van der Waals surface area (Å²) in [6.07, 6.45) is 0. The lowest BCUT2D eigenvalue weighted by atomic mass is 10.1. The lowest BCUT2D eigenvalue weighted by molar-refractivity contribution is -0.119. The molecule has 8 heteroatoms. The van der Waals surface area contributed by atoms with Crippen molar-refractivity contribution in [3.63, 3.8) is 0 Å². The number of esters is 2. The van der Waals surface area contributed by atoms with E-state index in [1.807, 2.05) is 6.07 Å². The molecule has 0 atom stereocenters. The van der Waals surface area contributed by atoms with Crippen LogP contribution in [0.3, 0.4) is 0 Å². The van der Waals surface area contributed by atoms with Crippen molar-refractivity contribution >= 4 is 34.2 Å². The van der Waals surface area contributed by atoms with Crippen LogP contribution in [0.25, 0.3) is 0 Å². The van der Waals surface area contributed by atoms with Gasteiger partial charge in [0, 0.05) is 0 Å². The summed E-state index contributed by atoms with van der Waals surface area (Å²) in [5.41, 5.74) is 0.843. The number of methoxy groups -OCH3 is 1. The molecule has 0 aliphatic carbocycles. The zero-order valence-electron chi connectivity index (χ0n) is 12.6. The maximum absolute atomic E-state index is 11.9. The second-order valence-corrected chi connectivity index (χ2v) is 5.38. The fourth-order valence-corrected chi connectivity index (χ4v) is 2.49. The van der Waals surface area contributed by atoms with Crippen LogP contribution in [0.15, 0.2) is 35.7 Å². The van der Waals surface area contributed by atoms with Crippen LogP contribution in [0.5, 0.6) is 0 Å². The lowest BCUT2D eigenvalue weighted by Crippen LogP contribution is -2.20. The van der Waals surface area contributed by atoms with Gasteiger partial charge >= 0.3 is 11.9 Å². The van der Waals surface area contributed by atoms with Crippen molar-refractivity contribution in [2.75, 3.05) is 19.0 Å². The first-order valence-corrected chi connectivity index (χ1v) is 7.56. The molecule has 1 heterocycles. The molecule has 0 aliphatic heterocycles. The molecule has 0 spiro atoms. The minimum atomic E-state index is -0.701. The first-order valence-electron chi connectivity index (χ1n) is 6.68. The zero-order valence-corrected chi connectivity index (χ0v) is 13.4. The Balaban J connectivity index is 1.89. The summed E-state index contributed by atoms with van der Waals surface area (Å²) in [7, 11) is 1.26. The number of amides is 1. The van der Waals surface area contributed by atoms with Gasteiger partial charge in [0.2, 0.25) is 0 Å². The van der Waals surface area contributed by atoms with E-state index < -0.39 is 24.5 Å². The number of thiophene rings is 1. The van der Waals surface area contributed by atoms with Gasteiger partial charge in [0.15, 0.2) is 6.61 Å². The van der Waals surface area contributed by atoms with Gasteiger partial charge in [-0.05, 0) is 35.7 Å². The Hall–Kier alpha value is -3.18. The highest BCUT2D eigenvalue weighted by Gasteiger charge is 2.13. The van der Waals surface area contributed by atoms with Crippen molar-refractivity contribution in [3.8, 4) is 6.07 Å². The molecule has 0 fully saturated rings. The molecule has 1 aromatic heterocycles. The standard InChI is InChI=1S/C16H12N2O5S/c1-22-15(20)10-2-4-11(5-3-10)16(21)23-9-13(19)18-14-12(8-17)6-7-24-14/h2-7H,9H2,1H3,(H,18,19). The molecule has 0 saturated heterocycles. The molecule has 0 unspecified atom stereocenters. The smallest absolute Gasteiger partial charge is 0.338 e. The SMILES string of the molecule is COC(=O)c1ccc(C(=O)OCC(=O)Nc2sccc2C#N)cc1. The highest BCUT2D eigenvalue weighted by Crippen LogP contribution is 2.21. The number of nitrogens with zero attached hydrogens (tertiary/aromatic N) is 1. The summed E-state index contributed by atoms with van der Waals surface area (Å²) < 4.78 is 9.45. The van der Waals surface area contributed by atoms with Gasteiger partial charge in [-0.25, -0.2) is 9.59 Å². The predicted molar refractivity (Wildman–Crippen MR) is 85.7 cm³/mol. The van der Waals surface area contributed by atoms with Crippen LogP contribution >= 0.6 is 11.3 Å². The molecule has 0 aliphatic rings. The summed E-state index contributed by atoms with van der Waals surface area (Å²) in [6, 6.07) is 9.17. The van der Waals surface area contributed by atoms with Gasteiger partial charge in [0.25, 0.3) is 5.91 Å². The number of hydrogen-bond acceptors (Lipinski definition) is 7. The van der Waals surface area contributed by atoms with Crippen LogP contribution < -0.4 is 5.32 Å². The topological polar surface area (TPSA) is 105 Å². The van der Waals surface area contributed by atoms with Crippen molar-refractivity contribution in [1.82, 2.24) is 0 Å². The number of anilines is 1. The molecule has 2 aromatic rings. The van der Waals surface area contributed by atoms with E-state index in [1.165, 1.54) is 42.7 Å². The highest BCUT2D eigenvalue weighted by molar-refractivity contribution is 7.14. The molecular formula is C16H12N2O5S. The summed E-state index contributed by atoms with van der Waals surface area (Å²) in [5, 5.41) is 13.4. The van der Waals surface area contributed by atoms with Crippen LogP contribution in [-0.4, -0.2) is 31.6 Å². The van der Waals surface area contributed by atoms with Crippen LogP contribution in [0.4, 0.5) is 5.00 Å². The first-order chi connectivity index (χ1) is 11.5. The highest BCUT2D eigenvalue weighted by atomic mass is 32.1. The van der Waals surface area contributed by atoms with E-state index >= 15 is 0 Å². The van der Waals surface area contributed by atoms with E-state index in [-0.39, 0.29) is 5.56 Å². The molecule has 7 nitrogen and oxygen atoms in total. The fourth-order valence-electron chi connectivity index (χ4n) is 1.73. The van der Waals surface area contributed by atoms with Gasteiger partial charge in [-0.15, -0.1) is 11.3 Å². The fraction of sp³-hybridized carbons (Fsp3) is 0.125. The first kappa shape index (κ1) is 17.2. The molecule has 1 aromatic carbocycles. The van der Waals surface area contributed by atoms with Gasteiger partial charge in [-0.3, -0.25) is 4.79 Å². The van der Waals surface area contributed by atoms with E-state index in [2.05, 4.69) is 10.1 Å². The maximum Gasteiger partial charge on any atom is 0.338 e. The monoisotopic (exact) mass is 344 g/mol. The van der Waals surface area contributed by atoms with Crippen LogP contribution in [0.2, 0.25) is 0 Å². The second kappa shape index (κ2) is 7.89. The number of rotatable bonds is 5. The van der Waals surface area contributed by atoms with E-state index in [1.54, 1.807) is 11.4 Å². The Morgan fingerprint density at radius 3 is 2.33 bits per heavy atom. The van der Waals surface area contributed by atoms with E-state index in [0.29, 0.717) is 16.1 Å².